The van der Waals surface area contributed by atoms with Gasteiger partial charge in [-0.05, 0) is 34.7 Å². The highest BCUT2D eigenvalue weighted by Gasteiger charge is 2.22. The summed E-state index contributed by atoms with van der Waals surface area (Å²) in [5, 5.41) is 3.17. The SMILES string of the molecule is CNc1nc(C2CCCCC2)nc(C(C)C)c1Br. The van der Waals surface area contributed by atoms with E-state index in [9.17, 15) is 0 Å². The van der Waals surface area contributed by atoms with Crippen molar-refractivity contribution in [3.8, 4) is 0 Å². The van der Waals surface area contributed by atoms with E-state index < -0.39 is 0 Å². The van der Waals surface area contributed by atoms with Crippen molar-refractivity contribution in [3.63, 3.8) is 0 Å². The summed E-state index contributed by atoms with van der Waals surface area (Å²) in [6.07, 6.45) is 6.47. The van der Waals surface area contributed by atoms with Gasteiger partial charge in [-0.2, -0.15) is 0 Å². The number of nitrogens with zero attached hydrogens (tertiary/aromatic N) is 2. The highest BCUT2D eigenvalue weighted by molar-refractivity contribution is 9.10. The molecule has 3 nitrogen and oxygen atoms in total. The second-order valence-electron chi connectivity index (χ2n) is 5.37. The van der Waals surface area contributed by atoms with Gasteiger partial charge in [0.1, 0.15) is 11.6 Å². The van der Waals surface area contributed by atoms with Gasteiger partial charge in [0.25, 0.3) is 0 Å². The van der Waals surface area contributed by atoms with Gasteiger partial charge in [-0.25, -0.2) is 9.97 Å². The summed E-state index contributed by atoms with van der Waals surface area (Å²) in [5.74, 6) is 2.92. The lowest BCUT2D eigenvalue weighted by atomic mass is 9.88. The second kappa shape index (κ2) is 6.00. The Kier molecular flexibility index (Phi) is 4.60. The molecule has 0 atom stereocenters. The molecule has 0 radical (unpaired) electrons. The summed E-state index contributed by atoms with van der Waals surface area (Å²) in [4.78, 5) is 9.49. The molecule has 0 aromatic carbocycles. The standard InChI is InChI=1S/C14H22BrN3/c1-9(2)12-11(15)14(16-3)18-13(17-12)10-7-5-4-6-8-10/h9-10H,4-8H2,1-3H3,(H,16,17,18). The van der Waals surface area contributed by atoms with E-state index >= 15 is 0 Å². The second-order valence-corrected chi connectivity index (χ2v) is 6.16. The highest BCUT2D eigenvalue weighted by atomic mass is 79.9. The number of anilines is 1. The number of nitrogens with one attached hydrogen (secondary N) is 1. The number of hydrogen-bond acceptors (Lipinski definition) is 3. The van der Waals surface area contributed by atoms with Crippen molar-refractivity contribution in [2.24, 2.45) is 0 Å². The summed E-state index contributed by atoms with van der Waals surface area (Å²) in [6.45, 7) is 4.36. The maximum Gasteiger partial charge on any atom is 0.144 e. The van der Waals surface area contributed by atoms with Gasteiger partial charge in [0.05, 0.1) is 10.2 Å². The van der Waals surface area contributed by atoms with Crippen LogP contribution in [0.15, 0.2) is 4.47 Å². The van der Waals surface area contributed by atoms with Crippen molar-refractivity contribution in [2.75, 3.05) is 12.4 Å². The van der Waals surface area contributed by atoms with Crippen molar-refractivity contribution in [3.05, 3.63) is 16.0 Å². The van der Waals surface area contributed by atoms with Crippen LogP contribution in [0, 0.1) is 0 Å². The number of halogens is 1. The van der Waals surface area contributed by atoms with E-state index in [2.05, 4.69) is 40.1 Å². The summed E-state index contributed by atoms with van der Waals surface area (Å²) in [7, 11) is 1.92. The molecule has 0 spiro atoms. The molecule has 1 heterocycles. The monoisotopic (exact) mass is 311 g/mol. The average molecular weight is 312 g/mol. The average Bonchev–Trinajstić information content (AvgIpc) is 2.39. The van der Waals surface area contributed by atoms with Crippen molar-refractivity contribution < 1.29 is 0 Å². The number of rotatable bonds is 3. The van der Waals surface area contributed by atoms with Crippen molar-refractivity contribution in [2.45, 2.75) is 57.8 Å². The zero-order chi connectivity index (χ0) is 13.1. The zero-order valence-corrected chi connectivity index (χ0v) is 13.0. The van der Waals surface area contributed by atoms with Crippen molar-refractivity contribution in [1.82, 2.24) is 9.97 Å². The van der Waals surface area contributed by atoms with Gasteiger partial charge in [0.2, 0.25) is 0 Å². The molecule has 2 rings (SSSR count). The lowest BCUT2D eigenvalue weighted by Crippen LogP contribution is -2.13. The van der Waals surface area contributed by atoms with E-state index in [0.29, 0.717) is 11.8 Å². The third-order valence-electron chi connectivity index (χ3n) is 3.65. The fraction of sp³-hybridized carbons (Fsp3) is 0.714. The van der Waals surface area contributed by atoms with Gasteiger partial charge < -0.3 is 5.32 Å². The molecule has 0 bridgehead atoms. The first-order valence-electron chi connectivity index (χ1n) is 6.88. The minimum absolute atomic E-state index is 0.414. The molecule has 1 aliphatic carbocycles. The van der Waals surface area contributed by atoms with Crippen LogP contribution in [0.3, 0.4) is 0 Å². The molecule has 1 aliphatic rings. The summed E-state index contributed by atoms with van der Waals surface area (Å²) in [5.41, 5.74) is 1.12. The van der Waals surface area contributed by atoms with Crippen LogP contribution in [0.5, 0.6) is 0 Å². The molecule has 100 valence electrons. The lowest BCUT2D eigenvalue weighted by Gasteiger charge is -2.22. The molecule has 0 aliphatic heterocycles. The van der Waals surface area contributed by atoms with E-state index in [-0.39, 0.29) is 0 Å². The van der Waals surface area contributed by atoms with Gasteiger partial charge in [-0.3, -0.25) is 0 Å². The first-order chi connectivity index (χ1) is 8.63. The molecule has 4 heteroatoms. The predicted molar refractivity (Wildman–Crippen MR) is 79.2 cm³/mol. The predicted octanol–water partition coefficient (Wildman–Crippen LogP) is 4.45. The van der Waals surface area contributed by atoms with Crippen molar-refractivity contribution >= 4 is 21.7 Å². The lowest BCUT2D eigenvalue weighted by molar-refractivity contribution is 0.427. The molecular weight excluding hydrogens is 290 g/mol. The van der Waals surface area contributed by atoms with E-state index in [1.807, 2.05) is 7.05 Å². The smallest absolute Gasteiger partial charge is 0.144 e. The maximum absolute atomic E-state index is 4.81. The molecule has 1 fully saturated rings. The summed E-state index contributed by atoms with van der Waals surface area (Å²) >= 11 is 3.61. The molecule has 18 heavy (non-hydrogen) atoms. The number of aromatic nitrogens is 2. The molecule has 0 amide bonds. The third kappa shape index (κ3) is 2.85. The van der Waals surface area contributed by atoms with Crippen LogP contribution >= 0.6 is 15.9 Å². The Morgan fingerprint density at radius 2 is 1.83 bits per heavy atom. The third-order valence-corrected chi connectivity index (χ3v) is 4.43. The van der Waals surface area contributed by atoms with Crippen LogP contribution in [0.4, 0.5) is 5.82 Å². The first kappa shape index (κ1) is 13.8. The fourth-order valence-electron chi connectivity index (χ4n) is 2.57. The highest BCUT2D eigenvalue weighted by Crippen LogP contribution is 2.35. The van der Waals surface area contributed by atoms with E-state index in [1.165, 1.54) is 32.1 Å². The van der Waals surface area contributed by atoms with Crippen LogP contribution in [0.2, 0.25) is 0 Å². The van der Waals surface area contributed by atoms with Crippen LogP contribution in [-0.2, 0) is 0 Å². The Balaban J connectivity index is 2.37. The van der Waals surface area contributed by atoms with Gasteiger partial charge in [-0.15, -0.1) is 0 Å². The van der Waals surface area contributed by atoms with Gasteiger partial charge in [-0.1, -0.05) is 33.1 Å². The van der Waals surface area contributed by atoms with Crippen LogP contribution in [0.25, 0.3) is 0 Å². The normalized spacial score (nSPS) is 17.2. The van der Waals surface area contributed by atoms with Gasteiger partial charge in [0, 0.05) is 13.0 Å². The Hall–Kier alpha value is -0.640. The van der Waals surface area contributed by atoms with Crippen LogP contribution < -0.4 is 5.32 Å². The Bertz CT molecular complexity index is 412. The van der Waals surface area contributed by atoms with Gasteiger partial charge in [0.15, 0.2) is 0 Å². The van der Waals surface area contributed by atoms with Crippen LogP contribution in [0.1, 0.15) is 69.3 Å². The van der Waals surface area contributed by atoms with Crippen molar-refractivity contribution in [1.29, 1.82) is 0 Å². The Morgan fingerprint density at radius 3 is 2.39 bits per heavy atom. The zero-order valence-electron chi connectivity index (χ0n) is 11.5. The minimum Gasteiger partial charge on any atom is -0.372 e. The largest absolute Gasteiger partial charge is 0.372 e. The van der Waals surface area contributed by atoms with Crippen LogP contribution in [-0.4, -0.2) is 17.0 Å². The molecule has 1 aromatic heterocycles. The Labute approximate surface area is 118 Å². The first-order valence-corrected chi connectivity index (χ1v) is 7.67. The molecule has 1 aromatic rings. The molecule has 0 saturated heterocycles. The molecule has 0 unspecified atom stereocenters. The number of hydrogen-bond donors (Lipinski definition) is 1. The molecular formula is C14H22BrN3. The summed E-state index contributed by atoms with van der Waals surface area (Å²) < 4.78 is 1.01. The van der Waals surface area contributed by atoms with E-state index in [0.717, 1.165) is 21.8 Å². The Morgan fingerprint density at radius 1 is 1.17 bits per heavy atom. The van der Waals surface area contributed by atoms with E-state index in [1.54, 1.807) is 0 Å². The van der Waals surface area contributed by atoms with E-state index in [4.69, 9.17) is 4.98 Å². The summed E-state index contributed by atoms with van der Waals surface area (Å²) in [6, 6.07) is 0. The maximum atomic E-state index is 4.81. The fourth-order valence-corrected chi connectivity index (χ4v) is 3.41. The molecule has 1 saturated carbocycles. The topological polar surface area (TPSA) is 37.8 Å². The van der Waals surface area contributed by atoms with Gasteiger partial charge >= 0.3 is 0 Å². The molecule has 1 N–H and O–H groups in total. The minimum atomic E-state index is 0.414. The quantitative estimate of drug-likeness (QED) is 0.896.